The van der Waals surface area contributed by atoms with Gasteiger partial charge in [-0.2, -0.15) is 5.26 Å². The van der Waals surface area contributed by atoms with Crippen molar-refractivity contribution in [2.24, 2.45) is 0 Å². The van der Waals surface area contributed by atoms with Gasteiger partial charge in [0.1, 0.15) is 29.2 Å². The van der Waals surface area contributed by atoms with Crippen LogP contribution >= 0.6 is 0 Å². The number of nitriles is 1. The number of ether oxygens (including phenoxy) is 1. The molecule has 9 heteroatoms. The first-order valence-electron chi connectivity index (χ1n) is 13.5. The first kappa shape index (κ1) is 25.9. The molecule has 0 saturated carbocycles. The van der Waals surface area contributed by atoms with E-state index in [9.17, 15) is 23.6 Å². The number of rotatable bonds is 3. The maximum Gasteiger partial charge on any atom is 0.272 e. The lowest BCUT2D eigenvalue weighted by molar-refractivity contribution is 0.0542. The van der Waals surface area contributed by atoms with Crippen molar-refractivity contribution in [3.05, 3.63) is 94.3 Å². The zero-order valence-electron chi connectivity index (χ0n) is 22.1. The van der Waals surface area contributed by atoms with Crippen LogP contribution in [0.3, 0.4) is 0 Å². The van der Waals surface area contributed by atoms with E-state index < -0.39 is 23.2 Å². The standard InChI is InChI=1S/C31H28F2N4O3/c1-19-16-35-25(30(39)36-11-8-31(18-34,9-12-36)20-5-3-2-4-6-20)15-23(19)29(38)37-10-7-22-27(17-37)40-26-14-21(32)13-24(33)28(22)26/h2-6,13-16,22,27H,7-12,17H2,1H3. The number of fused-ring (bicyclic) bond motifs is 3. The van der Waals surface area contributed by atoms with Crippen LogP contribution < -0.4 is 4.74 Å². The van der Waals surface area contributed by atoms with Gasteiger partial charge in [0.15, 0.2) is 0 Å². The average molecular weight is 543 g/mol. The summed E-state index contributed by atoms with van der Waals surface area (Å²) in [5.41, 5.74) is 1.88. The molecular weight excluding hydrogens is 514 g/mol. The fraction of sp³-hybridized carbons (Fsp3) is 0.355. The smallest absolute Gasteiger partial charge is 0.272 e. The molecule has 0 bridgehead atoms. The molecule has 3 aliphatic rings. The number of benzene rings is 2. The summed E-state index contributed by atoms with van der Waals surface area (Å²) in [6.45, 7) is 3.19. The van der Waals surface area contributed by atoms with E-state index in [1.165, 1.54) is 18.3 Å². The third kappa shape index (κ3) is 4.37. The van der Waals surface area contributed by atoms with Gasteiger partial charge in [0.25, 0.3) is 11.8 Å². The molecule has 204 valence electrons. The molecule has 0 aliphatic carbocycles. The number of aromatic nitrogens is 1. The van der Waals surface area contributed by atoms with Gasteiger partial charge >= 0.3 is 0 Å². The highest BCUT2D eigenvalue weighted by molar-refractivity contribution is 5.99. The Morgan fingerprint density at radius 3 is 2.52 bits per heavy atom. The lowest BCUT2D eigenvalue weighted by atomic mass is 9.74. The Labute approximate surface area is 231 Å². The average Bonchev–Trinajstić information content (AvgIpc) is 3.35. The van der Waals surface area contributed by atoms with Crippen LogP contribution in [0.5, 0.6) is 5.75 Å². The zero-order valence-corrected chi connectivity index (χ0v) is 22.1. The SMILES string of the molecule is Cc1cnc(C(=O)N2CCC(C#N)(c3ccccc3)CC2)cc1C(=O)N1CCC2c3c(F)cc(F)cc3OC2C1. The van der Waals surface area contributed by atoms with Crippen LogP contribution in [0.4, 0.5) is 8.78 Å². The molecule has 4 heterocycles. The molecule has 3 aromatic rings. The minimum absolute atomic E-state index is 0.176. The van der Waals surface area contributed by atoms with Gasteiger partial charge < -0.3 is 14.5 Å². The lowest BCUT2D eigenvalue weighted by Gasteiger charge is -2.37. The quantitative estimate of drug-likeness (QED) is 0.477. The number of hydrogen-bond donors (Lipinski definition) is 0. The molecule has 2 aromatic carbocycles. The highest BCUT2D eigenvalue weighted by atomic mass is 19.1. The Bertz CT molecular complexity index is 1530. The second kappa shape index (κ2) is 10.0. The largest absolute Gasteiger partial charge is 0.487 e. The lowest BCUT2D eigenvalue weighted by Crippen LogP contribution is -2.46. The van der Waals surface area contributed by atoms with Crippen molar-refractivity contribution in [2.45, 2.75) is 43.6 Å². The van der Waals surface area contributed by atoms with Crippen LogP contribution in [0.1, 0.15) is 62.7 Å². The van der Waals surface area contributed by atoms with Crippen molar-refractivity contribution < 1.29 is 23.1 Å². The van der Waals surface area contributed by atoms with Crippen LogP contribution in [0, 0.1) is 29.9 Å². The van der Waals surface area contributed by atoms with Crippen LogP contribution in [-0.2, 0) is 5.41 Å². The fourth-order valence-corrected chi connectivity index (χ4v) is 6.25. The summed E-state index contributed by atoms with van der Waals surface area (Å²) in [6.07, 6.45) is 2.57. The Hall–Kier alpha value is -4.32. The molecule has 2 amide bonds. The first-order valence-corrected chi connectivity index (χ1v) is 13.5. The number of aryl methyl sites for hydroxylation is 1. The van der Waals surface area contributed by atoms with E-state index >= 15 is 0 Å². The fourth-order valence-electron chi connectivity index (χ4n) is 6.25. The van der Waals surface area contributed by atoms with E-state index in [0.717, 1.165) is 11.6 Å². The summed E-state index contributed by atoms with van der Waals surface area (Å²) in [4.78, 5) is 34.6. The highest BCUT2D eigenvalue weighted by Gasteiger charge is 2.43. The molecule has 6 rings (SSSR count). The predicted molar refractivity (Wildman–Crippen MR) is 142 cm³/mol. The number of carbonyl (C=O) groups excluding carboxylic acids is 2. The van der Waals surface area contributed by atoms with E-state index in [1.54, 1.807) is 16.7 Å². The topological polar surface area (TPSA) is 86.5 Å². The van der Waals surface area contributed by atoms with Gasteiger partial charge in [-0.05, 0) is 43.4 Å². The number of carbonyl (C=O) groups is 2. The monoisotopic (exact) mass is 542 g/mol. The number of likely N-dealkylation sites (tertiary alicyclic amines) is 2. The number of amides is 2. The zero-order chi connectivity index (χ0) is 28.0. The van der Waals surface area contributed by atoms with E-state index in [1.807, 2.05) is 30.3 Å². The summed E-state index contributed by atoms with van der Waals surface area (Å²) in [5.74, 6) is -1.90. The predicted octanol–water partition coefficient (Wildman–Crippen LogP) is 4.76. The Balaban J connectivity index is 1.16. The summed E-state index contributed by atoms with van der Waals surface area (Å²) in [7, 11) is 0. The van der Waals surface area contributed by atoms with Crippen molar-refractivity contribution in [3.63, 3.8) is 0 Å². The number of halogens is 2. The normalized spacial score (nSPS) is 21.1. The number of pyridine rings is 1. The first-order chi connectivity index (χ1) is 19.3. The van der Waals surface area contributed by atoms with Gasteiger partial charge in [-0.15, -0.1) is 0 Å². The van der Waals surface area contributed by atoms with E-state index in [2.05, 4.69) is 11.1 Å². The Kier molecular flexibility index (Phi) is 6.49. The number of piperidine rings is 2. The summed E-state index contributed by atoms with van der Waals surface area (Å²) < 4.78 is 34.0. The third-order valence-electron chi connectivity index (χ3n) is 8.55. The Morgan fingerprint density at radius 2 is 1.80 bits per heavy atom. The third-order valence-corrected chi connectivity index (χ3v) is 8.55. The molecule has 3 aliphatic heterocycles. The molecule has 0 radical (unpaired) electrons. The van der Waals surface area contributed by atoms with Gasteiger partial charge in [-0.1, -0.05) is 30.3 Å². The van der Waals surface area contributed by atoms with E-state index in [-0.39, 0.29) is 35.7 Å². The van der Waals surface area contributed by atoms with Crippen LogP contribution in [0.15, 0.2) is 54.7 Å². The van der Waals surface area contributed by atoms with Gasteiger partial charge in [0.05, 0.1) is 18.0 Å². The second-order valence-corrected chi connectivity index (χ2v) is 10.8. The van der Waals surface area contributed by atoms with Crippen LogP contribution in [-0.4, -0.2) is 58.9 Å². The molecule has 40 heavy (non-hydrogen) atoms. The molecule has 2 unspecified atom stereocenters. The number of nitrogens with zero attached hydrogens (tertiary/aromatic N) is 4. The van der Waals surface area contributed by atoms with Gasteiger partial charge in [0, 0.05) is 55.0 Å². The maximum absolute atomic E-state index is 14.5. The van der Waals surface area contributed by atoms with Gasteiger partial charge in [-0.3, -0.25) is 14.6 Å². The molecule has 0 spiro atoms. The minimum atomic E-state index is -0.695. The molecule has 1 aromatic heterocycles. The van der Waals surface area contributed by atoms with Crippen molar-refractivity contribution >= 4 is 11.8 Å². The molecule has 2 fully saturated rings. The van der Waals surface area contributed by atoms with Crippen molar-refractivity contribution in [1.82, 2.24) is 14.8 Å². The van der Waals surface area contributed by atoms with Crippen molar-refractivity contribution in [1.29, 1.82) is 5.26 Å². The summed E-state index contributed by atoms with van der Waals surface area (Å²) in [6, 6.07) is 15.7. The maximum atomic E-state index is 14.5. The van der Waals surface area contributed by atoms with Gasteiger partial charge in [-0.25, -0.2) is 8.78 Å². The summed E-state index contributed by atoms with van der Waals surface area (Å²) >= 11 is 0. The highest BCUT2D eigenvalue weighted by Crippen LogP contribution is 2.44. The van der Waals surface area contributed by atoms with Crippen molar-refractivity contribution in [3.8, 4) is 11.8 Å². The van der Waals surface area contributed by atoms with Gasteiger partial charge in [0.2, 0.25) is 0 Å². The van der Waals surface area contributed by atoms with E-state index in [4.69, 9.17) is 4.74 Å². The van der Waals surface area contributed by atoms with Crippen LogP contribution in [0.2, 0.25) is 0 Å². The summed E-state index contributed by atoms with van der Waals surface area (Å²) in [5, 5.41) is 9.97. The molecule has 2 atom stereocenters. The molecule has 7 nitrogen and oxygen atoms in total. The molecule has 2 saturated heterocycles. The minimum Gasteiger partial charge on any atom is -0.487 e. The molecule has 0 N–H and O–H groups in total. The molecular formula is C31H28F2N4O3. The second-order valence-electron chi connectivity index (χ2n) is 10.8. The number of hydrogen-bond acceptors (Lipinski definition) is 5. The van der Waals surface area contributed by atoms with Crippen LogP contribution in [0.25, 0.3) is 0 Å². The Morgan fingerprint density at radius 1 is 1.05 bits per heavy atom. The van der Waals surface area contributed by atoms with E-state index in [0.29, 0.717) is 55.6 Å². The van der Waals surface area contributed by atoms with Crippen molar-refractivity contribution in [2.75, 3.05) is 26.2 Å².